The van der Waals surface area contributed by atoms with Gasteiger partial charge in [0.15, 0.2) is 0 Å². The van der Waals surface area contributed by atoms with Crippen LogP contribution < -0.4 is 9.97 Å². The first kappa shape index (κ1) is 18.3. The van der Waals surface area contributed by atoms with Crippen molar-refractivity contribution in [3.05, 3.63) is 30.3 Å². The highest BCUT2D eigenvalue weighted by Crippen LogP contribution is 2.22. The summed E-state index contributed by atoms with van der Waals surface area (Å²) in [7, 11) is -1.73. The van der Waals surface area contributed by atoms with Crippen molar-refractivity contribution in [1.82, 2.24) is 5.32 Å². The Morgan fingerprint density at radius 2 is 1.26 bits per heavy atom. The van der Waals surface area contributed by atoms with Gasteiger partial charge >= 0.3 is 7.32 Å². The maximum Gasteiger partial charge on any atom is 0.707 e. The van der Waals surface area contributed by atoms with E-state index >= 15 is 0 Å². The normalized spacial score (nSPS) is 19.6. The maximum atomic E-state index is 8.34. The second-order valence-corrected chi connectivity index (χ2v) is 6.59. The predicted molar refractivity (Wildman–Crippen MR) is 94.1 cm³/mol. The molecule has 0 heterocycles. The van der Waals surface area contributed by atoms with E-state index < -0.39 is 7.32 Å². The fourth-order valence-corrected chi connectivity index (χ4v) is 3.49. The van der Waals surface area contributed by atoms with E-state index in [1.807, 2.05) is 6.07 Å². The first-order valence-corrected chi connectivity index (χ1v) is 9.08. The van der Waals surface area contributed by atoms with Gasteiger partial charge in [0.05, 0.1) is 0 Å². The fraction of sp³-hybridized carbons (Fsp3) is 0.667. The van der Waals surface area contributed by atoms with Crippen LogP contribution in [0.25, 0.3) is 0 Å². The molecule has 0 aromatic heterocycles. The Kier molecular flexibility index (Phi) is 8.50. The van der Waals surface area contributed by atoms with Gasteiger partial charge in [-0.15, -0.1) is 0 Å². The van der Waals surface area contributed by atoms with Crippen LogP contribution in [0.3, 0.4) is 0 Å². The van der Waals surface area contributed by atoms with Crippen molar-refractivity contribution in [2.75, 3.05) is 0 Å². The van der Waals surface area contributed by atoms with E-state index in [9.17, 15) is 0 Å². The zero-order chi connectivity index (χ0) is 16.3. The van der Waals surface area contributed by atoms with E-state index in [1.165, 1.54) is 64.2 Å². The molecule has 2 saturated carbocycles. The third-order valence-electron chi connectivity index (χ3n) is 4.67. The third-order valence-corrected chi connectivity index (χ3v) is 4.67. The average molecular weight is 319 g/mol. The van der Waals surface area contributed by atoms with Gasteiger partial charge in [-0.1, -0.05) is 56.7 Å². The van der Waals surface area contributed by atoms with Gasteiger partial charge in [0.1, 0.15) is 5.75 Å². The zero-order valence-corrected chi connectivity index (χ0v) is 14.0. The van der Waals surface area contributed by atoms with Gasteiger partial charge in [-0.05, 0) is 37.8 Å². The number of benzene rings is 1. The fourth-order valence-electron chi connectivity index (χ4n) is 3.49. The van der Waals surface area contributed by atoms with Crippen molar-refractivity contribution >= 4 is 7.32 Å². The Hall–Kier alpha value is -1.04. The number of rotatable bonds is 4. The monoisotopic (exact) mass is 319 g/mol. The highest BCUT2D eigenvalue weighted by Gasteiger charge is 2.19. The van der Waals surface area contributed by atoms with Gasteiger partial charge in [-0.3, -0.25) is 0 Å². The molecule has 2 aliphatic rings. The molecule has 0 bridgehead atoms. The van der Waals surface area contributed by atoms with Crippen molar-refractivity contribution < 1.29 is 14.7 Å². The summed E-state index contributed by atoms with van der Waals surface area (Å²) < 4.78 is 4.53. The highest BCUT2D eigenvalue weighted by molar-refractivity contribution is 6.33. The summed E-state index contributed by atoms with van der Waals surface area (Å²) in [5.41, 5.74) is 0. The molecule has 0 unspecified atom stereocenters. The molecule has 5 heteroatoms. The van der Waals surface area contributed by atoms with Crippen LogP contribution in [0.15, 0.2) is 30.3 Å². The van der Waals surface area contributed by atoms with Crippen LogP contribution in [0.5, 0.6) is 5.75 Å². The van der Waals surface area contributed by atoms with Crippen LogP contribution in [0, 0.1) is 0 Å². The molecular formula is C18H30BNO3. The van der Waals surface area contributed by atoms with Gasteiger partial charge in [-0.25, -0.2) is 0 Å². The first-order valence-electron chi connectivity index (χ1n) is 9.08. The van der Waals surface area contributed by atoms with Crippen LogP contribution in [-0.4, -0.2) is 29.5 Å². The Morgan fingerprint density at radius 1 is 0.783 bits per heavy atom. The number of para-hydroxylation sites is 1. The molecule has 3 rings (SSSR count). The summed E-state index contributed by atoms with van der Waals surface area (Å²) in [6.45, 7) is 0. The lowest BCUT2D eigenvalue weighted by atomic mass is 9.91. The van der Waals surface area contributed by atoms with E-state index in [-0.39, 0.29) is 0 Å². The average Bonchev–Trinajstić information content (AvgIpc) is 2.58. The van der Waals surface area contributed by atoms with Crippen molar-refractivity contribution in [3.8, 4) is 5.75 Å². The summed E-state index contributed by atoms with van der Waals surface area (Å²) in [5.74, 6) is 0.442. The van der Waals surface area contributed by atoms with Crippen LogP contribution in [0.4, 0.5) is 0 Å². The molecule has 0 atom stereocenters. The molecule has 4 nitrogen and oxygen atoms in total. The number of nitrogens with one attached hydrogen (secondary N) is 1. The predicted octanol–water partition coefficient (Wildman–Crippen LogP) is 3.28. The maximum absolute atomic E-state index is 8.34. The molecule has 0 radical (unpaired) electrons. The largest absolute Gasteiger partial charge is 0.707 e. The molecule has 23 heavy (non-hydrogen) atoms. The van der Waals surface area contributed by atoms with E-state index in [1.54, 1.807) is 24.3 Å². The van der Waals surface area contributed by atoms with Gasteiger partial charge in [0.2, 0.25) is 0 Å². The van der Waals surface area contributed by atoms with Gasteiger partial charge in [0, 0.05) is 12.1 Å². The first-order chi connectivity index (χ1) is 11.2. The van der Waals surface area contributed by atoms with Crippen LogP contribution in [0.1, 0.15) is 64.2 Å². The molecule has 0 spiro atoms. The smallest absolute Gasteiger partial charge is 0.512 e. The molecular weight excluding hydrogens is 289 g/mol. The number of hydrogen-bond acceptors (Lipinski definition) is 4. The second kappa shape index (κ2) is 10.7. The molecule has 128 valence electrons. The standard InChI is InChI=1S/C12H23N.C6H7BO3/c1-3-7-11(8-4-1)13-12-9-5-2-6-10-12;8-7(9)10-6-4-2-1-3-5-6/h11-13H,1-10H2;1-5,8-9H. The summed E-state index contributed by atoms with van der Waals surface area (Å²) in [6, 6.07) is 10.3. The lowest BCUT2D eigenvalue weighted by molar-refractivity contribution is 0.288. The molecule has 2 aliphatic carbocycles. The van der Waals surface area contributed by atoms with Crippen molar-refractivity contribution in [2.45, 2.75) is 76.3 Å². The van der Waals surface area contributed by atoms with E-state index in [0.717, 1.165) is 12.1 Å². The van der Waals surface area contributed by atoms with E-state index in [4.69, 9.17) is 10.0 Å². The Balaban J connectivity index is 0.000000174. The molecule has 0 aliphatic heterocycles. The minimum absolute atomic E-state index is 0.442. The summed E-state index contributed by atoms with van der Waals surface area (Å²) in [4.78, 5) is 0. The van der Waals surface area contributed by atoms with Gasteiger partial charge < -0.3 is 20.0 Å². The van der Waals surface area contributed by atoms with Gasteiger partial charge in [-0.2, -0.15) is 0 Å². The lowest BCUT2D eigenvalue weighted by Crippen LogP contribution is -2.40. The molecule has 0 saturated heterocycles. The third kappa shape index (κ3) is 7.86. The molecule has 1 aromatic carbocycles. The van der Waals surface area contributed by atoms with Gasteiger partial charge in [0.25, 0.3) is 0 Å². The van der Waals surface area contributed by atoms with Crippen LogP contribution in [0.2, 0.25) is 0 Å². The Labute approximate surface area is 140 Å². The minimum atomic E-state index is -1.73. The summed E-state index contributed by atoms with van der Waals surface area (Å²) >= 11 is 0. The zero-order valence-electron chi connectivity index (χ0n) is 14.0. The van der Waals surface area contributed by atoms with E-state index in [0.29, 0.717) is 5.75 Å². The second-order valence-electron chi connectivity index (χ2n) is 6.59. The quantitative estimate of drug-likeness (QED) is 0.745. The Bertz CT molecular complexity index is 388. The minimum Gasteiger partial charge on any atom is -0.512 e. The SMILES string of the molecule is C1CCC(NC2CCCCC2)CC1.OB(O)Oc1ccccc1. The summed E-state index contributed by atoms with van der Waals surface area (Å²) in [5, 5.41) is 20.5. The van der Waals surface area contributed by atoms with E-state index in [2.05, 4.69) is 9.97 Å². The molecule has 2 fully saturated rings. The molecule has 3 N–H and O–H groups in total. The highest BCUT2D eigenvalue weighted by atomic mass is 16.6. The lowest BCUT2D eigenvalue weighted by Gasteiger charge is -2.30. The van der Waals surface area contributed by atoms with Crippen molar-refractivity contribution in [1.29, 1.82) is 0 Å². The van der Waals surface area contributed by atoms with Crippen molar-refractivity contribution in [2.24, 2.45) is 0 Å². The molecule has 0 amide bonds. The van der Waals surface area contributed by atoms with Crippen LogP contribution in [-0.2, 0) is 0 Å². The molecule has 1 aromatic rings. The number of hydrogen-bond donors (Lipinski definition) is 3. The Morgan fingerprint density at radius 3 is 1.70 bits per heavy atom. The van der Waals surface area contributed by atoms with Crippen molar-refractivity contribution in [3.63, 3.8) is 0 Å². The summed E-state index contributed by atoms with van der Waals surface area (Å²) in [6.07, 6.45) is 14.6. The van der Waals surface area contributed by atoms with Crippen LogP contribution >= 0.6 is 0 Å². The topological polar surface area (TPSA) is 61.7 Å².